The Morgan fingerprint density at radius 2 is 1.74 bits per heavy atom. The zero-order valence-electron chi connectivity index (χ0n) is 25.7. The zero-order chi connectivity index (χ0) is 29.8. The SMILES string of the molecule is C[C@H]1[C@H]2[C@H](C[C@H]3[C@@H]4CC=C5C[C@@H](O)CC[C@]5(C)[C@H]4CC[C@]23C)O[C@]12CC[C@@](C)(CO[C@@H]1O[C@H](CO)[C@@H](O)[C@H](O)[C@H]1O)O2. The highest BCUT2D eigenvalue weighted by molar-refractivity contribution is 5.26. The minimum absolute atomic E-state index is 0.133. The van der Waals surface area contributed by atoms with E-state index in [2.05, 4.69) is 26.8 Å². The molecule has 3 aliphatic heterocycles. The van der Waals surface area contributed by atoms with Crippen LogP contribution in [-0.2, 0) is 18.9 Å². The molecule has 7 rings (SSSR count). The molecule has 0 radical (unpaired) electrons. The minimum Gasteiger partial charge on any atom is -0.394 e. The summed E-state index contributed by atoms with van der Waals surface area (Å²) in [5, 5.41) is 50.5. The highest BCUT2D eigenvalue weighted by Gasteiger charge is 2.70. The Morgan fingerprint density at radius 3 is 2.50 bits per heavy atom. The van der Waals surface area contributed by atoms with Crippen molar-refractivity contribution in [3.63, 3.8) is 0 Å². The Hall–Kier alpha value is -0.620. The lowest BCUT2D eigenvalue weighted by Gasteiger charge is -2.58. The number of allylic oxidation sites excluding steroid dienone is 1. The second kappa shape index (κ2) is 10.2. The summed E-state index contributed by atoms with van der Waals surface area (Å²) in [6.07, 6.45) is 5.06. The van der Waals surface area contributed by atoms with Gasteiger partial charge in [0.15, 0.2) is 12.1 Å². The first kappa shape index (κ1) is 30.1. The van der Waals surface area contributed by atoms with Gasteiger partial charge in [-0.15, -0.1) is 0 Å². The van der Waals surface area contributed by atoms with Gasteiger partial charge in [0, 0.05) is 12.3 Å². The Labute approximate surface area is 249 Å². The first-order valence-corrected chi connectivity index (χ1v) is 16.5. The Bertz CT molecular complexity index is 1080. The normalized spacial score (nSPS) is 58.7. The molecule has 238 valence electrons. The van der Waals surface area contributed by atoms with Gasteiger partial charge in [0.05, 0.1) is 31.0 Å². The van der Waals surface area contributed by atoms with Crippen LogP contribution >= 0.6 is 0 Å². The van der Waals surface area contributed by atoms with Crippen molar-refractivity contribution in [3.8, 4) is 0 Å². The first-order valence-electron chi connectivity index (χ1n) is 16.5. The quantitative estimate of drug-likeness (QED) is 0.312. The summed E-state index contributed by atoms with van der Waals surface area (Å²) in [5.41, 5.74) is 1.29. The van der Waals surface area contributed by atoms with Crippen molar-refractivity contribution >= 4 is 0 Å². The Morgan fingerprint density at radius 1 is 0.952 bits per heavy atom. The monoisotopic (exact) mass is 592 g/mol. The second-order valence-corrected chi connectivity index (χ2v) is 15.8. The molecule has 6 fully saturated rings. The number of fused-ring (bicyclic) bond motifs is 7. The lowest BCUT2D eigenvalue weighted by Crippen LogP contribution is -2.59. The Balaban J connectivity index is 1.04. The summed E-state index contributed by atoms with van der Waals surface area (Å²) in [4.78, 5) is 0. The topological polar surface area (TPSA) is 138 Å². The molecule has 0 bridgehead atoms. The van der Waals surface area contributed by atoms with Crippen LogP contribution in [0.15, 0.2) is 11.6 Å². The third-order valence-corrected chi connectivity index (χ3v) is 13.6. The Kier molecular flexibility index (Phi) is 7.29. The third kappa shape index (κ3) is 4.28. The maximum atomic E-state index is 10.4. The van der Waals surface area contributed by atoms with Crippen LogP contribution in [0.1, 0.15) is 85.5 Å². The molecule has 3 saturated heterocycles. The van der Waals surface area contributed by atoms with E-state index in [0.717, 1.165) is 44.9 Å². The van der Waals surface area contributed by atoms with Crippen LogP contribution in [0.5, 0.6) is 0 Å². The molecule has 0 aromatic heterocycles. The molecular weight excluding hydrogens is 540 g/mol. The van der Waals surface area contributed by atoms with Gasteiger partial charge in [-0.1, -0.05) is 32.4 Å². The predicted octanol–water partition coefficient (Wildman–Crippen LogP) is 2.65. The van der Waals surface area contributed by atoms with Gasteiger partial charge in [-0.25, -0.2) is 0 Å². The van der Waals surface area contributed by atoms with Gasteiger partial charge in [0.2, 0.25) is 0 Å². The van der Waals surface area contributed by atoms with Crippen molar-refractivity contribution in [2.45, 2.75) is 140 Å². The summed E-state index contributed by atoms with van der Waals surface area (Å²) in [7, 11) is 0. The summed E-state index contributed by atoms with van der Waals surface area (Å²) < 4.78 is 25.3. The molecule has 0 unspecified atom stereocenters. The number of aliphatic hydroxyl groups excluding tert-OH is 5. The van der Waals surface area contributed by atoms with Crippen molar-refractivity contribution in [1.29, 1.82) is 0 Å². The molecule has 5 N–H and O–H groups in total. The molecule has 1 spiro atoms. The fourth-order valence-corrected chi connectivity index (χ4v) is 11.2. The summed E-state index contributed by atoms with van der Waals surface area (Å²) >= 11 is 0. The molecular formula is C33H52O9. The molecule has 4 aliphatic carbocycles. The average Bonchev–Trinajstić information content (AvgIpc) is 3.55. The third-order valence-electron chi connectivity index (χ3n) is 13.6. The summed E-state index contributed by atoms with van der Waals surface area (Å²) in [5.74, 6) is 2.00. The van der Waals surface area contributed by atoms with Crippen LogP contribution in [0, 0.1) is 40.4 Å². The molecule has 42 heavy (non-hydrogen) atoms. The smallest absolute Gasteiger partial charge is 0.186 e. The predicted molar refractivity (Wildman–Crippen MR) is 152 cm³/mol. The van der Waals surface area contributed by atoms with Gasteiger partial charge in [0.1, 0.15) is 24.4 Å². The average molecular weight is 593 g/mol. The fraction of sp³-hybridized carbons (Fsp3) is 0.939. The van der Waals surface area contributed by atoms with Gasteiger partial charge in [-0.2, -0.15) is 0 Å². The largest absolute Gasteiger partial charge is 0.394 e. The highest BCUT2D eigenvalue weighted by atomic mass is 16.7. The number of hydrogen-bond acceptors (Lipinski definition) is 9. The van der Waals surface area contributed by atoms with Crippen LogP contribution < -0.4 is 0 Å². The summed E-state index contributed by atoms with van der Waals surface area (Å²) in [6.45, 7) is 8.97. The standard InChI is InChI=1S/C33H52O9/c1-17-25-23(14-22-20-6-5-18-13-19(35)7-9-31(18,3)21(20)8-10-32(22,25)4)41-33(17)12-11-30(2,42-33)16-39-29-28(38)27(37)26(36)24(15-34)40-29/h5,17,19-29,34-38H,6-16H2,1-4H3/t17-,19-,20+,21-,22-,23-,24+,25-,26+,27-,28+,29+,30-,31-,32-,33-/m0/s1. The maximum absolute atomic E-state index is 10.4. The van der Waals surface area contributed by atoms with E-state index in [4.69, 9.17) is 18.9 Å². The number of ether oxygens (including phenoxy) is 4. The molecule has 7 aliphatic rings. The first-order chi connectivity index (χ1) is 19.8. The van der Waals surface area contributed by atoms with Crippen molar-refractivity contribution < 1.29 is 44.5 Å². The van der Waals surface area contributed by atoms with E-state index in [1.54, 1.807) is 0 Å². The van der Waals surface area contributed by atoms with Gasteiger partial charge < -0.3 is 44.5 Å². The van der Waals surface area contributed by atoms with Gasteiger partial charge >= 0.3 is 0 Å². The van der Waals surface area contributed by atoms with Gasteiger partial charge in [-0.3, -0.25) is 0 Å². The molecule has 0 aromatic carbocycles. The van der Waals surface area contributed by atoms with E-state index < -0.39 is 48.7 Å². The molecule has 0 aromatic rings. The lowest BCUT2D eigenvalue weighted by molar-refractivity contribution is -0.318. The van der Waals surface area contributed by atoms with E-state index in [1.165, 1.54) is 18.4 Å². The van der Waals surface area contributed by atoms with E-state index in [0.29, 0.717) is 23.7 Å². The molecule has 0 amide bonds. The number of aliphatic hydroxyl groups is 5. The van der Waals surface area contributed by atoms with Crippen LogP contribution in [0.25, 0.3) is 0 Å². The van der Waals surface area contributed by atoms with Crippen molar-refractivity contribution in [2.24, 2.45) is 40.4 Å². The fourth-order valence-electron chi connectivity index (χ4n) is 11.2. The molecule has 9 heteroatoms. The molecule has 16 atom stereocenters. The van der Waals surface area contributed by atoms with E-state index >= 15 is 0 Å². The van der Waals surface area contributed by atoms with Crippen LogP contribution in [0.2, 0.25) is 0 Å². The van der Waals surface area contributed by atoms with Crippen molar-refractivity contribution in [1.82, 2.24) is 0 Å². The van der Waals surface area contributed by atoms with E-state index in [9.17, 15) is 25.5 Å². The molecule has 3 saturated carbocycles. The number of rotatable bonds is 4. The van der Waals surface area contributed by atoms with Gasteiger partial charge in [-0.05, 0) is 92.8 Å². The van der Waals surface area contributed by atoms with Crippen LogP contribution in [-0.4, -0.2) is 93.0 Å². The van der Waals surface area contributed by atoms with E-state index in [1.807, 2.05) is 6.92 Å². The van der Waals surface area contributed by atoms with Crippen LogP contribution in [0.4, 0.5) is 0 Å². The maximum Gasteiger partial charge on any atom is 0.186 e. The van der Waals surface area contributed by atoms with Crippen LogP contribution in [0.3, 0.4) is 0 Å². The summed E-state index contributed by atoms with van der Waals surface area (Å²) in [6, 6.07) is 0. The number of hydrogen-bond donors (Lipinski definition) is 5. The minimum atomic E-state index is -1.47. The zero-order valence-corrected chi connectivity index (χ0v) is 25.7. The van der Waals surface area contributed by atoms with Crippen molar-refractivity contribution in [2.75, 3.05) is 13.2 Å². The van der Waals surface area contributed by atoms with E-state index in [-0.39, 0.29) is 35.6 Å². The van der Waals surface area contributed by atoms with Gasteiger partial charge in [0.25, 0.3) is 0 Å². The second-order valence-electron chi connectivity index (χ2n) is 15.8. The molecule has 9 nitrogen and oxygen atoms in total. The lowest BCUT2D eigenvalue weighted by atomic mass is 9.47. The molecule has 3 heterocycles. The highest BCUT2D eigenvalue weighted by Crippen LogP contribution is 2.71. The van der Waals surface area contributed by atoms with Crippen molar-refractivity contribution in [3.05, 3.63) is 11.6 Å².